The second-order valence-electron chi connectivity index (χ2n) is 4.49. The molecule has 1 aromatic heterocycles. The molecule has 0 radical (unpaired) electrons. The summed E-state index contributed by atoms with van der Waals surface area (Å²) in [5, 5.41) is 4.15. The number of benzene rings is 1. The van der Waals surface area contributed by atoms with Gasteiger partial charge in [-0.3, -0.25) is 0 Å². The Morgan fingerprint density at radius 3 is 2.65 bits per heavy atom. The lowest BCUT2D eigenvalue weighted by molar-refractivity contribution is 0.414. The highest BCUT2D eigenvalue weighted by Gasteiger charge is 2.17. The van der Waals surface area contributed by atoms with E-state index in [1.54, 1.807) is 18.4 Å². The van der Waals surface area contributed by atoms with E-state index in [4.69, 9.17) is 16.3 Å². The average molecular weight is 375 g/mol. The van der Waals surface area contributed by atoms with Crippen molar-refractivity contribution in [2.45, 2.75) is 19.9 Å². The number of hydrogen-bond donors (Lipinski definition) is 1. The van der Waals surface area contributed by atoms with Crippen LogP contribution >= 0.6 is 38.9 Å². The van der Waals surface area contributed by atoms with Crippen molar-refractivity contribution in [1.29, 1.82) is 0 Å². The van der Waals surface area contributed by atoms with Crippen LogP contribution in [-0.2, 0) is 0 Å². The molecule has 0 amide bonds. The summed E-state index contributed by atoms with van der Waals surface area (Å²) in [7, 11) is 1.63. The van der Waals surface area contributed by atoms with Crippen molar-refractivity contribution in [2.75, 3.05) is 13.7 Å². The standard InChI is InChI=1S/C15H17BrClNOS/c1-4-18-14(13-7-9(2)15(16)20-13)10-5-6-12(19-3)11(17)8-10/h5-8,14,18H,4H2,1-3H3. The van der Waals surface area contributed by atoms with Gasteiger partial charge < -0.3 is 10.1 Å². The van der Waals surface area contributed by atoms with E-state index < -0.39 is 0 Å². The van der Waals surface area contributed by atoms with E-state index in [2.05, 4.69) is 47.2 Å². The molecular weight excluding hydrogens is 358 g/mol. The first-order valence-corrected chi connectivity index (χ1v) is 8.38. The molecular formula is C15H17BrClNOS. The molecule has 2 rings (SSSR count). The molecule has 20 heavy (non-hydrogen) atoms. The highest BCUT2D eigenvalue weighted by molar-refractivity contribution is 9.11. The van der Waals surface area contributed by atoms with Crippen LogP contribution in [0.4, 0.5) is 0 Å². The van der Waals surface area contributed by atoms with E-state index >= 15 is 0 Å². The fourth-order valence-corrected chi connectivity index (χ4v) is 4.02. The molecule has 1 unspecified atom stereocenters. The van der Waals surface area contributed by atoms with Crippen molar-refractivity contribution in [2.24, 2.45) is 0 Å². The summed E-state index contributed by atoms with van der Waals surface area (Å²) in [6.07, 6.45) is 0. The van der Waals surface area contributed by atoms with Crippen LogP contribution in [0.2, 0.25) is 5.02 Å². The number of thiophene rings is 1. The molecule has 1 aromatic carbocycles. The van der Waals surface area contributed by atoms with Crippen LogP contribution < -0.4 is 10.1 Å². The summed E-state index contributed by atoms with van der Waals surface area (Å²) in [4.78, 5) is 1.28. The van der Waals surface area contributed by atoms with Gasteiger partial charge in [-0.2, -0.15) is 0 Å². The Bertz CT molecular complexity index is 580. The summed E-state index contributed by atoms with van der Waals surface area (Å²) >= 11 is 11.6. The summed E-state index contributed by atoms with van der Waals surface area (Å²) in [6, 6.07) is 8.30. The Kier molecular flexibility index (Phi) is 5.49. The average Bonchev–Trinajstić information content (AvgIpc) is 2.75. The molecule has 0 spiro atoms. The Labute approximate surface area is 137 Å². The molecule has 1 heterocycles. The monoisotopic (exact) mass is 373 g/mol. The minimum Gasteiger partial charge on any atom is -0.495 e. The van der Waals surface area contributed by atoms with Crippen molar-refractivity contribution in [3.63, 3.8) is 0 Å². The highest BCUT2D eigenvalue weighted by atomic mass is 79.9. The van der Waals surface area contributed by atoms with Gasteiger partial charge in [-0.1, -0.05) is 24.6 Å². The molecule has 5 heteroatoms. The fourth-order valence-electron chi connectivity index (χ4n) is 2.07. The van der Waals surface area contributed by atoms with E-state index in [0.29, 0.717) is 10.8 Å². The molecule has 0 bridgehead atoms. The third kappa shape index (κ3) is 3.37. The summed E-state index contributed by atoms with van der Waals surface area (Å²) < 4.78 is 6.39. The van der Waals surface area contributed by atoms with Gasteiger partial charge in [-0.15, -0.1) is 11.3 Å². The molecule has 0 saturated carbocycles. The van der Waals surface area contributed by atoms with E-state index in [9.17, 15) is 0 Å². The van der Waals surface area contributed by atoms with Crippen LogP contribution in [0.15, 0.2) is 28.1 Å². The van der Waals surface area contributed by atoms with Crippen LogP contribution in [-0.4, -0.2) is 13.7 Å². The van der Waals surface area contributed by atoms with Gasteiger partial charge in [-0.05, 0) is 58.7 Å². The first-order chi connectivity index (χ1) is 9.56. The lowest BCUT2D eigenvalue weighted by atomic mass is 10.0. The topological polar surface area (TPSA) is 21.3 Å². The van der Waals surface area contributed by atoms with E-state index in [0.717, 1.165) is 12.1 Å². The second kappa shape index (κ2) is 6.94. The molecule has 1 N–H and O–H groups in total. The van der Waals surface area contributed by atoms with E-state index in [1.807, 2.05) is 12.1 Å². The van der Waals surface area contributed by atoms with Crippen LogP contribution in [0, 0.1) is 6.92 Å². The first-order valence-electron chi connectivity index (χ1n) is 6.39. The maximum absolute atomic E-state index is 6.24. The molecule has 0 saturated heterocycles. The summed E-state index contributed by atoms with van der Waals surface area (Å²) in [5.74, 6) is 0.703. The first kappa shape index (κ1) is 15.8. The molecule has 0 fully saturated rings. The predicted octanol–water partition coefficient (Wildman–Crippen LogP) is 5.18. The van der Waals surface area contributed by atoms with Gasteiger partial charge in [0.05, 0.1) is 22.0 Å². The van der Waals surface area contributed by atoms with Gasteiger partial charge in [0.2, 0.25) is 0 Å². The van der Waals surface area contributed by atoms with Crippen molar-refractivity contribution in [3.8, 4) is 5.75 Å². The van der Waals surface area contributed by atoms with Gasteiger partial charge in [0.1, 0.15) is 5.75 Å². The van der Waals surface area contributed by atoms with Gasteiger partial charge >= 0.3 is 0 Å². The maximum atomic E-state index is 6.24. The number of ether oxygens (including phenoxy) is 1. The molecule has 0 aliphatic heterocycles. The zero-order valence-electron chi connectivity index (χ0n) is 11.7. The normalized spacial score (nSPS) is 12.4. The number of methoxy groups -OCH3 is 1. The number of halogens is 2. The van der Waals surface area contributed by atoms with Crippen LogP contribution in [0.25, 0.3) is 0 Å². The van der Waals surface area contributed by atoms with Crippen molar-refractivity contribution < 1.29 is 4.74 Å². The SMILES string of the molecule is CCNC(c1ccc(OC)c(Cl)c1)c1cc(C)c(Br)s1. The molecule has 0 aliphatic rings. The fraction of sp³-hybridized carbons (Fsp3) is 0.333. The number of hydrogen-bond acceptors (Lipinski definition) is 3. The zero-order chi connectivity index (χ0) is 14.7. The van der Waals surface area contributed by atoms with Crippen molar-refractivity contribution in [3.05, 3.63) is 49.1 Å². The van der Waals surface area contributed by atoms with Gasteiger partial charge in [-0.25, -0.2) is 0 Å². The van der Waals surface area contributed by atoms with Crippen LogP contribution in [0.3, 0.4) is 0 Å². The Hall–Kier alpha value is -0.550. The highest BCUT2D eigenvalue weighted by Crippen LogP contribution is 2.36. The minimum absolute atomic E-state index is 0.151. The van der Waals surface area contributed by atoms with Gasteiger partial charge in [0, 0.05) is 4.88 Å². The number of nitrogens with one attached hydrogen (secondary N) is 1. The van der Waals surface area contributed by atoms with Crippen LogP contribution in [0.1, 0.15) is 29.0 Å². The molecule has 1 atom stereocenters. The van der Waals surface area contributed by atoms with Crippen molar-refractivity contribution in [1.82, 2.24) is 5.32 Å². The quantitative estimate of drug-likeness (QED) is 0.778. The lowest BCUT2D eigenvalue weighted by Gasteiger charge is -2.18. The molecule has 0 aliphatic carbocycles. The number of aryl methyl sites for hydroxylation is 1. The zero-order valence-corrected chi connectivity index (χ0v) is 14.8. The predicted molar refractivity (Wildman–Crippen MR) is 90.3 cm³/mol. The Morgan fingerprint density at radius 1 is 1.40 bits per heavy atom. The van der Waals surface area contributed by atoms with Crippen molar-refractivity contribution >= 4 is 38.9 Å². The molecule has 108 valence electrons. The Morgan fingerprint density at radius 2 is 2.15 bits per heavy atom. The number of rotatable bonds is 5. The second-order valence-corrected chi connectivity index (χ2v) is 7.30. The van der Waals surface area contributed by atoms with Gasteiger partial charge in [0.15, 0.2) is 0 Å². The maximum Gasteiger partial charge on any atom is 0.137 e. The summed E-state index contributed by atoms with van der Waals surface area (Å²) in [6.45, 7) is 5.10. The van der Waals surface area contributed by atoms with Gasteiger partial charge in [0.25, 0.3) is 0 Å². The van der Waals surface area contributed by atoms with E-state index in [1.165, 1.54) is 14.2 Å². The van der Waals surface area contributed by atoms with Crippen LogP contribution in [0.5, 0.6) is 5.75 Å². The third-order valence-electron chi connectivity index (χ3n) is 3.08. The van der Waals surface area contributed by atoms with E-state index in [-0.39, 0.29) is 6.04 Å². The smallest absolute Gasteiger partial charge is 0.137 e. The minimum atomic E-state index is 0.151. The summed E-state index contributed by atoms with van der Waals surface area (Å²) in [5.41, 5.74) is 2.40. The molecule has 2 nitrogen and oxygen atoms in total. The lowest BCUT2D eigenvalue weighted by Crippen LogP contribution is -2.21. The Balaban J connectivity index is 2.40. The molecule has 2 aromatic rings. The largest absolute Gasteiger partial charge is 0.495 e. The third-order valence-corrected chi connectivity index (χ3v) is 5.58.